The number of fused-ring (bicyclic) bond motifs is 1. The predicted molar refractivity (Wildman–Crippen MR) is 120 cm³/mol. The van der Waals surface area contributed by atoms with Gasteiger partial charge in [-0.25, -0.2) is 8.78 Å². The largest absolute Gasteiger partial charge is 0.534 e. The van der Waals surface area contributed by atoms with Crippen LogP contribution >= 0.6 is 0 Å². The van der Waals surface area contributed by atoms with E-state index in [0.717, 1.165) is 49.1 Å². The van der Waals surface area contributed by atoms with Gasteiger partial charge in [-0.3, -0.25) is 0 Å². The number of rotatable bonds is 5. The van der Waals surface area contributed by atoms with E-state index < -0.39 is 38.4 Å². The van der Waals surface area contributed by atoms with Crippen LogP contribution in [0.4, 0.5) is 22.0 Å². The van der Waals surface area contributed by atoms with Crippen LogP contribution in [0.5, 0.6) is 5.75 Å². The van der Waals surface area contributed by atoms with E-state index in [2.05, 4.69) is 11.1 Å². The minimum absolute atomic E-state index is 0.131. The summed E-state index contributed by atoms with van der Waals surface area (Å²) in [6.45, 7) is 2.25. The second-order valence-electron chi connectivity index (χ2n) is 9.76. The smallest absolute Gasteiger partial charge is 0.373 e. The first kappa shape index (κ1) is 25.2. The van der Waals surface area contributed by atoms with Gasteiger partial charge in [0.25, 0.3) is 0 Å². The van der Waals surface area contributed by atoms with Crippen LogP contribution in [-0.4, -0.2) is 13.9 Å². The first-order valence-corrected chi connectivity index (χ1v) is 13.3. The van der Waals surface area contributed by atoms with Crippen molar-refractivity contribution in [2.45, 2.75) is 76.1 Å². The lowest BCUT2D eigenvalue weighted by Gasteiger charge is -2.38. The Morgan fingerprint density at radius 1 is 0.912 bits per heavy atom. The molecule has 3 nitrogen and oxygen atoms in total. The molecule has 34 heavy (non-hydrogen) atoms. The molecule has 188 valence electrons. The molecule has 0 amide bonds. The highest BCUT2D eigenvalue weighted by atomic mass is 32.2. The standard InChI is InChI=1S/C25H29F5O3S/c1-2-15-3-5-16(6-4-15)17-7-9-18(10-8-17)20-13-19-11-12-22(24(27)23(19)21(26)14-20)33-34(31,32)25(28,29)30/h11-18H,2-10H2,1H3. The maximum atomic E-state index is 14.9. The van der Waals surface area contributed by atoms with Crippen LogP contribution in [0, 0.1) is 29.4 Å². The quantitative estimate of drug-likeness (QED) is 0.237. The molecule has 0 unspecified atom stereocenters. The number of hydrogen-bond donors (Lipinski definition) is 0. The molecule has 0 saturated heterocycles. The maximum Gasteiger partial charge on any atom is 0.534 e. The second kappa shape index (κ2) is 9.63. The molecule has 0 aromatic heterocycles. The van der Waals surface area contributed by atoms with Gasteiger partial charge in [-0.05, 0) is 85.3 Å². The first-order valence-electron chi connectivity index (χ1n) is 11.9. The minimum atomic E-state index is -6.06. The van der Waals surface area contributed by atoms with Crippen molar-refractivity contribution in [3.05, 3.63) is 41.5 Å². The molecule has 2 aromatic rings. The number of halogens is 5. The fourth-order valence-corrected chi connectivity index (χ4v) is 6.29. The highest BCUT2D eigenvalue weighted by Gasteiger charge is 2.49. The fourth-order valence-electron chi connectivity index (χ4n) is 5.83. The summed E-state index contributed by atoms with van der Waals surface area (Å²) in [7, 11) is -6.06. The third-order valence-corrected chi connectivity index (χ3v) is 8.82. The Bertz CT molecular complexity index is 1130. The van der Waals surface area contributed by atoms with Crippen molar-refractivity contribution in [2.24, 2.45) is 17.8 Å². The summed E-state index contributed by atoms with van der Waals surface area (Å²) in [6.07, 6.45) is 10.4. The van der Waals surface area contributed by atoms with Crippen molar-refractivity contribution in [2.75, 3.05) is 0 Å². The van der Waals surface area contributed by atoms with Gasteiger partial charge in [0, 0.05) is 0 Å². The van der Waals surface area contributed by atoms with E-state index in [4.69, 9.17) is 0 Å². The van der Waals surface area contributed by atoms with Crippen LogP contribution in [0.25, 0.3) is 10.8 Å². The average Bonchev–Trinajstić information content (AvgIpc) is 2.80. The molecule has 4 rings (SSSR count). The Balaban J connectivity index is 1.49. The molecule has 0 atom stereocenters. The lowest BCUT2D eigenvalue weighted by Crippen LogP contribution is -2.28. The molecular weight excluding hydrogens is 475 g/mol. The average molecular weight is 505 g/mol. The summed E-state index contributed by atoms with van der Waals surface area (Å²) in [6, 6.07) is 4.82. The first-order chi connectivity index (χ1) is 16.0. The van der Waals surface area contributed by atoms with Gasteiger partial charge >= 0.3 is 15.6 Å². The summed E-state index contributed by atoms with van der Waals surface area (Å²) in [5.74, 6) is -1.17. The third kappa shape index (κ3) is 5.04. The SMILES string of the molecule is CCC1CCC(C2CCC(c3cc(F)c4c(F)c(OS(=O)(=O)C(F)(F)F)ccc4c3)CC2)CC1. The van der Waals surface area contributed by atoms with Crippen LogP contribution in [-0.2, 0) is 10.1 Å². The molecule has 0 heterocycles. The number of hydrogen-bond acceptors (Lipinski definition) is 3. The van der Waals surface area contributed by atoms with E-state index in [1.807, 2.05) is 0 Å². The minimum Gasteiger partial charge on any atom is -0.373 e. The summed E-state index contributed by atoms with van der Waals surface area (Å²) < 4.78 is 93.7. The second-order valence-corrected chi connectivity index (χ2v) is 11.3. The molecule has 0 spiro atoms. The van der Waals surface area contributed by atoms with Crippen LogP contribution < -0.4 is 4.18 Å². The van der Waals surface area contributed by atoms with Crippen molar-refractivity contribution >= 4 is 20.9 Å². The summed E-state index contributed by atoms with van der Waals surface area (Å²) in [5, 5.41) is -0.427. The Hall–Kier alpha value is -1.90. The van der Waals surface area contributed by atoms with Gasteiger partial charge in [0.1, 0.15) is 5.82 Å². The van der Waals surface area contributed by atoms with Crippen molar-refractivity contribution < 1.29 is 34.6 Å². The van der Waals surface area contributed by atoms with Gasteiger partial charge in [-0.15, -0.1) is 0 Å². The van der Waals surface area contributed by atoms with E-state index >= 15 is 0 Å². The predicted octanol–water partition coefficient (Wildman–Crippen LogP) is 7.84. The molecule has 0 bridgehead atoms. The third-order valence-electron chi connectivity index (χ3n) is 7.85. The molecule has 0 radical (unpaired) electrons. The Kier molecular flexibility index (Phi) is 7.14. The molecule has 9 heteroatoms. The van der Waals surface area contributed by atoms with E-state index in [9.17, 15) is 30.4 Å². The maximum absolute atomic E-state index is 14.9. The molecule has 0 N–H and O–H groups in total. The zero-order valence-corrected chi connectivity index (χ0v) is 19.8. The summed E-state index contributed by atoms with van der Waals surface area (Å²) in [5.41, 5.74) is -4.99. The molecule has 2 fully saturated rings. The lowest BCUT2D eigenvalue weighted by atomic mass is 9.68. The summed E-state index contributed by atoms with van der Waals surface area (Å²) in [4.78, 5) is 0. The Labute approximate surface area is 196 Å². The van der Waals surface area contributed by atoms with Crippen molar-refractivity contribution in [3.8, 4) is 5.75 Å². The molecular formula is C25H29F5O3S. The van der Waals surface area contributed by atoms with Gasteiger partial charge in [-0.1, -0.05) is 38.3 Å². The zero-order chi connectivity index (χ0) is 24.7. The number of benzene rings is 2. The van der Waals surface area contributed by atoms with Gasteiger partial charge in [0.2, 0.25) is 0 Å². The highest BCUT2D eigenvalue weighted by Crippen LogP contribution is 2.45. The monoisotopic (exact) mass is 504 g/mol. The van der Waals surface area contributed by atoms with Gasteiger partial charge < -0.3 is 4.18 Å². The molecule has 2 aromatic carbocycles. The van der Waals surface area contributed by atoms with E-state index in [-0.39, 0.29) is 11.3 Å². The van der Waals surface area contributed by atoms with Crippen LogP contribution in [0.2, 0.25) is 0 Å². The van der Waals surface area contributed by atoms with Crippen LogP contribution in [0.15, 0.2) is 24.3 Å². The van der Waals surface area contributed by atoms with Gasteiger partial charge in [0.15, 0.2) is 11.6 Å². The van der Waals surface area contributed by atoms with Gasteiger partial charge in [-0.2, -0.15) is 21.6 Å². The van der Waals surface area contributed by atoms with Crippen LogP contribution in [0.1, 0.15) is 76.2 Å². The number of alkyl halides is 3. The molecule has 2 aliphatic carbocycles. The molecule has 2 saturated carbocycles. The fraction of sp³-hybridized carbons (Fsp3) is 0.600. The lowest BCUT2D eigenvalue weighted by molar-refractivity contribution is -0.0500. The zero-order valence-electron chi connectivity index (χ0n) is 19.0. The van der Waals surface area contributed by atoms with E-state index in [1.54, 1.807) is 6.07 Å². The van der Waals surface area contributed by atoms with Crippen molar-refractivity contribution in [3.63, 3.8) is 0 Å². The topological polar surface area (TPSA) is 43.4 Å². The highest BCUT2D eigenvalue weighted by molar-refractivity contribution is 7.88. The van der Waals surface area contributed by atoms with Crippen LogP contribution in [0.3, 0.4) is 0 Å². The normalized spacial score (nSPS) is 26.5. The van der Waals surface area contributed by atoms with Crippen molar-refractivity contribution in [1.82, 2.24) is 0 Å². The van der Waals surface area contributed by atoms with Crippen molar-refractivity contribution in [1.29, 1.82) is 0 Å². The van der Waals surface area contributed by atoms with Gasteiger partial charge in [0.05, 0.1) is 5.39 Å². The summed E-state index contributed by atoms with van der Waals surface area (Å²) >= 11 is 0. The van der Waals surface area contributed by atoms with E-state index in [1.165, 1.54) is 44.2 Å². The Morgan fingerprint density at radius 3 is 2.06 bits per heavy atom. The molecule has 0 aliphatic heterocycles. The Morgan fingerprint density at radius 2 is 1.50 bits per heavy atom. The molecule has 2 aliphatic rings. The van der Waals surface area contributed by atoms with E-state index in [0.29, 0.717) is 5.92 Å².